The molecule has 1 N–H and O–H groups in total. The Balaban J connectivity index is 2.15. The molecule has 0 aromatic heterocycles. The number of ether oxygens (including phenoxy) is 2. The molecule has 0 unspecified atom stereocenters. The van der Waals surface area contributed by atoms with Gasteiger partial charge in [-0.25, -0.2) is 0 Å². The fraction of sp³-hybridized carbons (Fsp3) is 0.500. The van der Waals surface area contributed by atoms with E-state index >= 15 is 0 Å². The van der Waals surface area contributed by atoms with Crippen LogP contribution in [0.25, 0.3) is 0 Å². The van der Waals surface area contributed by atoms with Crippen molar-refractivity contribution in [1.29, 1.82) is 0 Å². The molecule has 1 heterocycles. The normalized spacial score (nSPS) is 18.1. The molecule has 4 heteroatoms. The molecule has 1 atom stereocenters. The number of methoxy groups -OCH3 is 1. The standard InChI is InChI=1S/C14H18O4/c1-14(2,16)12-8-10-6-9(7-13(15)17-3)4-5-11(10)18-12/h4-6,12,16H,7-8H2,1-3H3/t12-/m1/s1. The summed E-state index contributed by atoms with van der Waals surface area (Å²) in [7, 11) is 1.38. The van der Waals surface area contributed by atoms with Crippen molar-refractivity contribution in [3.63, 3.8) is 0 Å². The zero-order valence-corrected chi connectivity index (χ0v) is 10.9. The average molecular weight is 250 g/mol. The first-order chi connectivity index (χ1) is 8.40. The van der Waals surface area contributed by atoms with Gasteiger partial charge in [-0.15, -0.1) is 0 Å². The molecule has 0 spiro atoms. The number of rotatable bonds is 3. The third-order valence-electron chi connectivity index (χ3n) is 3.16. The summed E-state index contributed by atoms with van der Waals surface area (Å²) >= 11 is 0. The van der Waals surface area contributed by atoms with E-state index in [1.807, 2.05) is 18.2 Å². The summed E-state index contributed by atoms with van der Waals surface area (Å²) in [5.41, 5.74) is 1.06. The van der Waals surface area contributed by atoms with Crippen LogP contribution in [0, 0.1) is 0 Å². The molecule has 1 aromatic rings. The Kier molecular flexibility index (Phi) is 3.30. The van der Waals surface area contributed by atoms with Gasteiger partial charge in [0, 0.05) is 6.42 Å². The van der Waals surface area contributed by atoms with Gasteiger partial charge in [-0.2, -0.15) is 0 Å². The van der Waals surface area contributed by atoms with E-state index in [2.05, 4.69) is 4.74 Å². The Morgan fingerprint density at radius 1 is 1.56 bits per heavy atom. The summed E-state index contributed by atoms with van der Waals surface area (Å²) in [5, 5.41) is 9.94. The Morgan fingerprint density at radius 3 is 2.89 bits per heavy atom. The predicted molar refractivity (Wildman–Crippen MR) is 66.6 cm³/mol. The zero-order chi connectivity index (χ0) is 13.3. The first-order valence-corrected chi connectivity index (χ1v) is 5.98. The summed E-state index contributed by atoms with van der Waals surface area (Å²) in [4.78, 5) is 11.2. The van der Waals surface area contributed by atoms with Crippen LogP contribution in [-0.4, -0.2) is 29.9 Å². The van der Waals surface area contributed by atoms with Gasteiger partial charge in [0.15, 0.2) is 0 Å². The van der Waals surface area contributed by atoms with Gasteiger partial charge >= 0.3 is 5.97 Å². The van der Waals surface area contributed by atoms with Crippen LogP contribution in [-0.2, 0) is 22.4 Å². The van der Waals surface area contributed by atoms with E-state index in [4.69, 9.17) is 4.74 Å². The van der Waals surface area contributed by atoms with Crippen LogP contribution >= 0.6 is 0 Å². The van der Waals surface area contributed by atoms with E-state index in [0.717, 1.165) is 16.9 Å². The Morgan fingerprint density at radius 2 is 2.28 bits per heavy atom. The summed E-state index contributed by atoms with van der Waals surface area (Å²) in [5.74, 6) is 0.531. The number of hydrogen-bond acceptors (Lipinski definition) is 4. The number of esters is 1. The minimum absolute atomic E-state index is 0.235. The second-order valence-electron chi connectivity index (χ2n) is 5.16. The van der Waals surface area contributed by atoms with Gasteiger partial charge in [-0.1, -0.05) is 12.1 Å². The average Bonchev–Trinajstić information content (AvgIpc) is 2.71. The van der Waals surface area contributed by atoms with E-state index in [-0.39, 0.29) is 18.5 Å². The maximum absolute atomic E-state index is 11.2. The first kappa shape index (κ1) is 12.9. The van der Waals surface area contributed by atoms with Crippen molar-refractivity contribution in [2.24, 2.45) is 0 Å². The molecule has 1 aromatic carbocycles. The van der Waals surface area contributed by atoms with Crippen molar-refractivity contribution < 1.29 is 19.4 Å². The number of hydrogen-bond donors (Lipinski definition) is 1. The van der Waals surface area contributed by atoms with Gasteiger partial charge in [-0.3, -0.25) is 4.79 Å². The molecular weight excluding hydrogens is 232 g/mol. The maximum Gasteiger partial charge on any atom is 0.309 e. The number of fused-ring (bicyclic) bond motifs is 1. The summed E-state index contributed by atoms with van der Waals surface area (Å²) in [6.45, 7) is 3.47. The molecule has 0 aliphatic carbocycles. The Hall–Kier alpha value is -1.55. The second-order valence-corrected chi connectivity index (χ2v) is 5.16. The molecule has 0 fully saturated rings. The van der Waals surface area contributed by atoms with Crippen LogP contribution in [0.2, 0.25) is 0 Å². The minimum Gasteiger partial charge on any atom is -0.487 e. The van der Waals surface area contributed by atoms with Crippen molar-refractivity contribution in [2.75, 3.05) is 7.11 Å². The molecule has 0 radical (unpaired) electrons. The highest BCUT2D eigenvalue weighted by Gasteiger charge is 2.34. The molecular formula is C14H18O4. The molecule has 0 bridgehead atoms. The van der Waals surface area contributed by atoms with E-state index in [9.17, 15) is 9.90 Å². The third kappa shape index (κ3) is 2.64. The quantitative estimate of drug-likeness (QED) is 0.825. The fourth-order valence-electron chi connectivity index (χ4n) is 2.04. The minimum atomic E-state index is -0.873. The van der Waals surface area contributed by atoms with Crippen molar-refractivity contribution in [2.45, 2.75) is 38.4 Å². The lowest BCUT2D eigenvalue weighted by Gasteiger charge is -2.24. The summed E-state index contributed by atoms with van der Waals surface area (Å²) in [6.07, 6.45) is 0.686. The predicted octanol–water partition coefficient (Wildman–Crippen LogP) is 1.48. The van der Waals surface area contributed by atoms with Gasteiger partial charge in [0.1, 0.15) is 11.9 Å². The van der Waals surface area contributed by atoms with Crippen LogP contribution < -0.4 is 4.74 Å². The lowest BCUT2D eigenvalue weighted by molar-refractivity contribution is -0.139. The van der Waals surface area contributed by atoms with Crippen LogP contribution in [0.4, 0.5) is 0 Å². The van der Waals surface area contributed by atoms with Gasteiger partial charge in [0.05, 0.1) is 19.1 Å². The molecule has 1 aliphatic heterocycles. The van der Waals surface area contributed by atoms with E-state index in [1.54, 1.807) is 13.8 Å². The molecule has 0 amide bonds. The maximum atomic E-state index is 11.2. The monoisotopic (exact) mass is 250 g/mol. The Labute approximate surface area is 107 Å². The molecule has 0 saturated heterocycles. The lowest BCUT2D eigenvalue weighted by Crippen LogP contribution is -2.39. The van der Waals surface area contributed by atoms with Gasteiger partial charge in [0.2, 0.25) is 0 Å². The van der Waals surface area contributed by atoms with Crippen LogP contribution in [0.15, 0.2) is 18.2 Å². The molecule has 18 heavy (non-hydrogen) atoms. The van der Waals surface area contributed by atoms with Gasteiger partial charge in [-0.05, 0) is 31.0 Å². The first-order valence-electron chi connectivity index (χ1n) is 5.98. The van der Waals surface area contributed by atoms with Crippen LogP contribution in [0.1, 0.15) is 25.0 Å². The third-order valence-corrected chi connectivity index (χ3v) is 3.16. The van der Waals surface area contributed by atoms with Crippen molar-refractivity contribution in [1.82, 2.24) is 0 Å². The van der Waals surface area contributed by atoms with Crippen LogP contribution in [0.5, 0.6) is 5.75 Å². The van der Waals surface area contributed by atoms with Gasteiger partial charge < -0.3 is 14.6 Å². The molecule has 4 nitrogen and oxygen atoms in total. The highest BCUT2D eigenvalue weighted by Crippen LogP contribution is 2.33. The second kappa shape index (κ2) is 4.61. The van der Waals surface area contributed by atoms with E-state index in [0.29, 0.717) is 6.42 Å². The van der Waals surface area contributed by atoms with E-state index < -0.39 is 5.60 Å². The number of carbonyl (C=O) groups excluding carboxylic acids is 1. The molecule has 0 saturated carbocycles. The zero-order valence-electron chi connectivity index (χ0n) is 10.9. The van der Waals surface area contributed by atoms with Crippen molar-refractivity contribution in [3.05, 3.63) is 29.3 Å². The molecule has 98 valence electrons. The smallest absolute Gasteiger partial charge is 0.309 e. The SMILES string of the molecule is COC(=O)Cc1ccc2c(c1)C[C@H](C(C)(C)O)O2. The number of benzene rings is 1. The van der Waals surface area contributed by atoms with E-state index in [1.165, 1.54) is 7.11 Å². The number of carbonyl (C=O) groups is 1. The summed E-state index contributed by atoms with van der Waals surface area (Å²) in [6, 6.07) is 5.64. The van der Waals surface area contributed by atoms with Gasteiger partial charge in [0.25, 0.3) is 0 Å². The van der Waals surface area contributed by atoms with Crippen LogP contribution in [0.3, 0.4) is 0 Å². The largest absolute Gasteiger partial charge is 0.487 e. The number of aliphatic hydroxyl groups is 1. The summed E-state index contributed by atoms with van der Waals surface area (Å²) < 4.78 is 10.3. The van der Waals surface area contributed by atoms with Crippen molar-refractivity contribution >= 4 is 5.97 Å². The lowest BCUT2D eigenvalue weighted by atomic mass is 9.96. The molecule has 1 aliphatic rings. The molecule has 2 rings (SSSR count). The fourth-order valence-corrected chi connectivity index (χ4v) is 2.04. The van der Waals surface area contributed by atoms with Crippen molar-refractivity contribution in [3.8, 4) is 5.75 Å². The Bertz CT molecular complexity index is 459. The topological polar surface area (TPSA) is 55.8 Å². The highest BCUT2D eigenvalue weighted by molar-refractivity contribution is 5.72. The highest BCUT2D eigenvalue weighted by atomic mass is 16.5.